The molecule has 0 radical (unpaired) electrons. The monoisotopic (exact) mass is 271 g/mol. The molecule has 0 spiro atoms. The van der Waals surface area contributed by atoms with Gasteiger partial charge >= 0.3 is 11.7 Å². The Labute approximate surface area is 101 Å². The van der Waals surface area contributed by atoms with E-state index in [1.807, 2.05) is 0 Å². The molecule has 1 heterocycles. The zero-order chi connectivity index (χ0) is 13.3. The van der Waals surface area contributed by atoms with Crippen molar-refractivity contribution in [2.75, 3.05) is 10.5 Å². The van der Waals surface area contributed by atoms with Crippen LogP contribution in [0.1, 0.15) is 0 Å². The summed E-state index contributed by atoms with van der Waals surface area (Å²) in [6, 6.07) is 4.32. The number of H-pyrrole nitrogens is 2. The number of benzene rings is 1. The van der Waals surface area contributed by atoms with Crippen LogP contribution in [0, 0.1) is 0 Å². The third-order valence-electron chi connectivity index (χ3n) is 2.10. The number of aromatic amines is 2. The van der Waals surface area contributed by atoms with Crippen molar-refractivity contribution in [1.29, 1.82) is 0 Å². The molecule has 0 unspecified atom stereocenters. The molecule has 1 aromatic carbocycles. The molecular weight excluding hydrogens is 262 g/mol. The van der Waals surface area contributed by atoms with Crippen LogP contribution in [0.3, 0.4) is 0 Å². The van der Waals surface area contributed by atoms with Crippen LogP contribution in [0.25, 0.3) is 11.0 Å². The summed E-state index contributed by atoms with van der Waals surface area (Å²) in [6.45, 7) is 0. The van der Waals surface area contributed by atoms with Gasteiger partial charge in [0.05, 0.1) is 16.7 Å². The lowest BCUT2D eigenvalue weighted by atomic mass is 10.3. The van der Waals surface area contributed by atoms with Crippen LogP contribution in [0.5, 0.6) is 0 Å². The van der Waals surface area contributed by atoms with Gasteiger partial charge in [-0.2, -0.15) is 0 Å². The normalized spacial score (nSPS) is 11.6. The minimum atomic E-state index is -3.95. The second-order valence-electron chi connectivity index (χ2n) is 3.59. The molecule has 2 rings (SSSR count). The third-order valence-corrected chi connectivity index (χ3v) is 3.28. The molecule has 0 amide bonds. The lowest BCUT2D eigenvalue weighted by Gasteiger charge is -2.05. The quantitative estimate of drug-likeness (QED) is 0.605. The Balaban J connectivity index is 2.32. The highest BCUT2D eigenvalue weighted by atomic mass is 32.2. The number of carboxylic acids is 1. The van der Waals surface area contributed by atoms with Crippen molar-refractivity contribution in [3.05, 3.63) is 28.7 Å². The van der Waals surface area contributed by atoms with E-state index in [-0.39, 0.29) is 5.69 Å². The molecule has 4 N–H and O–H groups in total. The summed E-state index contributed by atoms with van der Waals surface area (Å²) in [7, 11) is -3.95. The summed E-state index contributed by atoms with van der Waals surface area (Å²) in [5.41, 5.74) is 0.728. The fraction of sp³-hybridized carbons (Fsp3) is 0.111. The Bertz CT molecular complexity index is 758. The Morgan fingerprint density at radius 3 is 2.61 bits per heavy atom. The molecule has 0 fully saturated rings. The lowest BCUT2D eigenvalue weighted by molar-refractivity contribution is -0.134. The van der Waals surface area contributed by atoms with Gasteiger partial charge in [0.15, 0.2) is 5.75 Å². The molecule has 9 heteroatoms. The Morgan fingerprint density at radius 2 is 1.94 bits per heavy atom. The minimum absolute atomic E-state index is 0.180. The zero-order valence-corrected chi connectivity index (χ0v) is 9.74. The van der Waals surface area contributed by atoms with Gasteiger partial charge in [-0.05, 0) is 18.2 Å². The number of hydrogen-bond donors (Lipinski definition) is 4. The molecule has 0 bridgehead atoms. The van der Waals surface area contributed by atoms with E-state index in [0.717, 1.165) is 0 Å². The summed E-state index contributed by atoms with van der Waals surface area (Å²) < 4.78 is 24.9. The topological polar surface area (TPSA) is 132 Å². The van der Waals surface area contributed by atoms with Gasteiger partial charge in [-0.3, -0.25) is 9.52 Å². The fourth-order valence-electron chi connectivity index (χ4n) is 1.47. The first-order valence-corrected chi connectivity index (χ1v) is 6.45. The van der Waals surface area contributed by atoms with Crippen molar-refractivity contribution in [2.45, 2.75) is 0 Å². The molecule has 1 aromatic heterocycles. The van der Waals surface area contributed by atoms with Crippen LogP contribution >= 0.6 is 0 Å². The minimum Gasteiger partial charge on any atom is -0.480 e. The van der Waals surface area contributed by atoms with Crippen LogP contribution in [0.4, 0.5) is 5.69 Å². The van der Waals surface area contributed by atoms with Gasteiger partial charge in [0, 0.05) is 0 Å². The second-order valence-corrected chi connectivity index (χ2v) is 5.32. The van der Waals surface area contributed by atoms with E-state index in [9.17, 15) is 18.0 Å². The first kappa shape index (κ1) is 12.2. The van der Waals surface area contributed by atoms with Crippen molar-refractivity contribution >= 4 is 32.7 Å². The van der Waals surface area contributed by atoms with Gasteiger partial charge in [-0.15, -0.1) is 0 Å². The fourth-order valence-corrected chi connectivity index (χ4v) is 2.36. The zero-order valence-electron chi connectivity index (χ0n) is 8.93. The summed E-state index contributed by atoms with van der Waals surface area (Å²) >= 11 is 0. The lowest BCUT2D eigenvalue weighted by Crippen LogP contribution is -2.22. The maximum atomic E-state index is 11.4. The van der Waals surface area contributed by atoms with E-state index in [4.69, 9.17) is 5.11 Å². The van der Waals surface area contributed by atoms with Crippen molar-refractivity contribution in [3.8, 4) is 0 Å². The highest BCUT2D eigenvalue weighted by Crippen LogP contribution is 2.15. The molecule has 0 atom stereocenters. The van der Waals surface area contributed by atoms with E-state index in [2.05, 4.69) is 14.7 Å². The first-order valence-electron chi connectivity index (χ1n) is 4.80. The molecule has 2 aromatic rings. The molecule has 0 aliphatic heterocycles. The van der Waals surface area contributed by atoms with E-state index < -0.39 is 27.4 Å². The summed E-state index contributed by atoms with van der Waals surface area (Å²) in [6.07, 6.45) is 0. The standard InChI is InChI=1S/C9H9N3O5S/c13-8(14)4-18(16,17)12-5-1-2-6-7(3-5)11-9(15)10-6/h1-3,12H,4H2,(H,13,14)(H2,10,11,15). The third kappa shape index (κ3) is 2.69. The number of aromatic nitrogens is 2. The Hall–Kier alpha value is -2.29. The predicted octanol–water partition coefficient (Wildman–Crippen LogP) is -0.318. The number of carboxylic acid groups (broad SMARTS) is 1. The number of rotatable bonds is 4. The smallest absolute Gasteiger partial charge is 0.323 e. The average molecular weight is 271 g/mol. The number of carbonyl (C=O) groups is 1. The summed E-state index contributed by atoms with van der Waals surface area (Å²) in [5, 5.41) is 8.43. The van der Waals surface area contributed by atoms with Gasteiger partial charge in [0.2, 0.25) is 10.0 Å². The predicted molar refractivity (Wildman–Crippen MR) is 64.0 cm³/mol. The number of hydrogen-bond acceptors (Lipinski definition) is 4. The number of aliphatic carboxylic acids is 1. The van der Waals surface area contributed by atoms with Crippen LogP contribution in [0.2, 0.25) is 0 Å². The highest BCUT2D eigenvalue weighted by Gasteiger charge is 2.15. The van der Waals surface area contributed by atoms with Gasteiger partial charge in [0.25, 0.3) is 0 Å². The number of anilines is 1. The van der Waals surface area contributed by atoms with E-state index in [1.165, 1.54) is 18.2 Å². The molecular formula is C9H9N3O5S. The molecule has 0 saturated carbocycles. The summed E-state index contributed by atoms with van der Waals surface area (Å²) in [4.78, 5) is 26.3. The number of sulfonamides is 1. The first-order chi connectivity index (χ1) is 8.35. The molecule has 96 valence electrons. The van der Waals surface area contributed by atoms with Crippen molar-refractivity contribution in [1.82, 2.24) is 9.97 Å². The maximum Gasteiger partial charge on any atom is 0.323 e. The van der Waals surface area contributed by atoms with Crippen LogP contribution < -0.4 is 10.4 Å². The number of imidazole rings is 1. The van der Waals surface area contributed by atoms with E-state index in [1.54, 1.807) is 0 Å². The Morgan fingerprint density at radius 1 is 1.28 bits per heavy atom. The summed E-state index contributed by atoms with van der Waals surface area (Å²) in [5.74, 6) is -2.46. The van der Waals surface area contributed by atoms with E-state index >= 15 is 0 Å². The largest absolute Gasteiger partial charge is 0.480 e. The number of fused-ring (bicyclic) bond motifs is 1. The highest BCUT2D eigenvalue weighted by molar-refractivity contribution is 7.93. The van der Waals surface area contributed by atoms with Gasteiger partial charge in [-0.1, -0.05) is 0 Å². The van der Waals surface area contributed by atoms with Crippen molar-refractivity contribution in [3.63, 3.8) is 0 Å². The molecule has 8 nitrogen and oxygen atoms in total. The van der Waals surface area contributed by atoms with Crippen LogP contribution in [-0.4, -0.2) is 35.2 Å². The molecule has 0 saturated heterocycles. The molecule has 0 aliphatic rings. The number of nitrogens with one attached hydrogen (secondary N) is 3. The van der Waals surface area contributed by atoms with Crippen molar-refractivity contribution in [2.24, 2.45) is 0 Å². The maximum absolute atomic E-state index is 11.4. The van der Waals surface area contributed by atoms with Crippen molar-refractivity contribution < 1.29 is 18.3 Å². The molecule has 0 aliphatic carbocycles. The molecule has 18 heavy (non-hydrogen) atoms. The van der Waals surface area contributed by atoms with Crippen LogP contribution in [0.15, 0.2) is 23.0 Å². The van der Waals surface area contributed by atoms with Gasteiger partial charge in [0.1, 0.15) is 0 Å². The Kier molecular flexibility index (Phi) is 2.83. The van der Waals surface area contributed by atoms with Crippen LogP contribution in [-0.2, 0) is 14.8 Å². The second kappa shape index (κ2) is 4.18. The van der Waals surface area contributed by atoms with Gasteiger partial charge < -0.3 is 15.1 Å². The van der Waals surface area contributed by atoms with E-state index in [0.29, 0.717) is 11.0 Å². The van der Waals surface area contributed by atoms with Gasteiger partial charge in [-0.25, -0.2) is 13.2 Å². The average Bonchev–Trinajstić information content (AvgIpc) is 2.54. The SMILES string of the molecule is O=C(O)CS(=O)(=O)Nc1ccc2[nH]c(=O)[nH]c2c1.